The van der Waals surface area contributed by atoms with Crippen molar-refractivity contribution in [3.8, 4) is 0 Å². The summed E-state index contributed by atoms with van der Waals surface area (Å²) in [7, 11) is 0. The third-order valence-corrected chi connectivity index (χ3v) is 2.46. The van der Waals surface area contributed by atoms with Crippen LogP contribution in [0.3, 0.4) is 0 Å². The first-order chi connectivity index (χ1) is 6.60. The highest BCUT2D eigenvalue weighted by atomic mass is 79.9. The maximum Gasteiger partial charge on any atom is 0.280 e. The van der Waals surface area contributed by atoms with Crippen LogP contribution in [-0.2, 0) is 13.2 Å². The Morgan fingerprint density at radius 2 is 2.21 bits per heavy atom. The number of alkyl halides is 2. The van der Waals surface area contributed by atoms with Crippen LogP contribution in [0.5, 0.6) is 0 Å². The molecule has 0 aliphatic carbocycles. The van der Waals surface area contributed by atoms with Gasteiger partial charge in [0.2, 0.25) is 0 Å². The molecule has 0 fully saturated rings. The minimum atomic E-state index is -2.65. The number of hydrogen-bond donors (Lipinski definition) is 2. The lowest BCUT2D eigenvalue weighted by molar-refractivity contribution is 0.145. The summed E-state index contributed by atoms with van der Waals surface area (Å²) in [4.78, 5) is 3.61. The number of aliphatic hydroxyl groups excluding tert-OH is 1. The average molecular weight is 267 g/mol. The highest BCUT2D eigenvalue weighted by Crippen LogP contribution is 2.25. The van der Waals surface area contributed by atoms with Crippen molar-refractivity contribution in [2.75, 3.05) is 0 Å². The van der Waals surface area contributed by atoms with Crippen LogP contribution in [0.2, 0.25) is 0 Å². The third kappa shape index (κ3) is 2.26. The van der Waals surface area contributed by atoms with E-state index in [-0.39, 0.29) is 17.9 Å². The van der Waals surface area contributed by atoms with Gasteiger partial charge in [0.15, 0.2) is 0 Å². The van der Waals surface area contributed by atoms with Crippen LogP contribution in [0.1, 0.15) is 23.4 Å². The molecule has 0 bridgehead atoms. The van der Waals surface area contributed by atoms with E-state index in [2.05, 4.69) is 20.9 Å². The van der Waals surface area contributed by atoms with Crippen molar-refractivity contribution < 1.29 is 13.9 Å². The summed E-state index contributed by atoms with van der Waals surface area (Å²) in [5, 5.41) is 8.90. The van der Waals surface area contributed by atoms with E-state index in [1.54, 1.807) is 0 Å². The van der Waals surface area contributed by atoms with E-state index in [0.717, 1.165) is 0 Å². The van der Waals surface area contributed by atoms with Crippen molar-refractivity contribution in [1.29, 1.82) is 0 Å². The summed E-state index contributed by atoms with van der Waals surface area (Å²) in [6.45, 7) is -0.251. The number of hydrogen-bond acceptors (Lipinski definition) is 3. The molecular weight excluding hydrogens is 258 g/mol. The number of aromatic nitrogens is 1. The predicted molar refractivity (Wildman–Crippen MR) is 50.7 cm³/mol. The maximum absolute atomic E-state index is 12.3. The fourth-order valence-electron chi connectivity index (χ4n) is 1.07. The number of nitrogens with zero attached hydrogens (tertiary/aromatic N) is 1. The molecule has 3 nitrogen and oxygen atoms in total. The number of aliphatic hydroxyl groups is 1. The zero-order chi connectivity index (χ0) is 10.7. The standard InChI is InChI=1S/C8H9BrF2N2O/c9-5-1-6(8(10)11)13-7(3-14)4(5)2-12/h1,8,14H,2-3,12H2. The molecule has 3 N–H and O–H groups in total. The summed E-state index contributed by atoms with van der Waals surface area (Å²) >= 11 is 3.10. The molecule has 1 rings (SSSR count). The molecule has 14 heavy (non-hydrogen) atoms. The molecule has 0 amide bonds. The smallest absolute Gasteiger partial charge is 0.280 e. The van der Waals surface area contributed by atoms with E-state index in [0.29, 0.717) is 10.0 Å². The van der Waals surface area contributed by atoms with Crippen molar-refractivity contribution in [2.24, 2.45) is 5.73 Å². The van der Waals surface area contributed by atoms with Crippen LogP contribution < -0.4 is 5.73 Å². The quantitative estimate of drug-likeness (QED) is 0.876. The van der Waals surface area contributed by atoms with Crippen LogP contribution in [-0.4, -0.2) is 10.1 Å². The highest BCUT2D eigenvalue weighted by Gasteiger charge is 2.14. The fraction of sp³-hybridized carbons (Fsp3) is 0.375. The van der Waals surface area contributed by atoms with Crippen molar-refractivity contribution in [1.82, 2.24) is 4.98 Å². The van der Waals surface area contributed by atoms with E-state index < -0.39 is 13.0 Å². The molecule has 0 aromatic carbocycles. The van der Waals surface area contributed by atoms with Gasteiger partial charge in [-0.15, -0.1) is 0 Å². The summed E-state index contributed by atoms with van der Waals surface area (Å²) in [6.07, 6.45) is -2.65. The minimum absolute atomic E-state index is 0.146. The van der Waals surface area contributed by atoms with Crippen LogP contribution in [0.15, 0.2) is 10.5 Å². The molecule has 0 saturated heterocycles. The van der Waals surface area contributed by atoms with Gasteiger partial charge in [0.25, 0.3) is 6.43 Å². The molecule has 0 spiro atoms. The van der Waals surface area contributed by atoms with Gasteiger partial charge in [-0.3, -0.25) is 0 Å². The van der Waals surface area contributed by atoms with Crippen molar-refractivity contribution >= 4 is 15.9 Å². The topological polar surface area (TPSA) is 59.1 Å². The highest BCUT2D eigenvalue weighted by molar-refractivity contribution is 9.10. The zero-order valence-electron chi connectivity index (χ0n) is 7.17. The number of rotatable bonds is 3. The summed E-state index contributed by atoms with van der Waals surface area (Å²) in [5.41, 5.74) is 5.77. The van der Waals surface area contributed by atoms with Gasteiger partial charge in [-0.05, 0) is 6.07 Å². The van der Waals surface area contributed by atoms with Gasteiger partial charge < -0.3 is 10.8 Å². The van der Waals surface area contributed by atoms with E-state index in [9.17, 15) is 8.78 Å². The Bertz CT molecular complexity index is 333. The van der Waals surface area contributed by atoms with Gasteiger partial charge in [0.05, 0.1) is 12.3 Å². The van der Waals surface area contributed by atoms with Gasteiger partial charge in [-0.2, -0.15) is 0 Å². The second-order valence-electron chi connectivity index (χ2n) is 2.62. The maximum atomic E-state index is 12.3. The summed E-state index contributed by atoms with van der Waals surface area (Å²) in [5.74, 6) is 0. The Morgan fingerprint density at radius 3 is 2.64 bits per heavy atom. The second-order valence-corrected chi connectivity index (χ2v) is 3.47. The third-order valence-electron chi connectivity index (χ3n) is 1.75. The van der Waals surface area contributed by atoms with Crippen molar-refractivity contribution in [3.63, 3.8) is 0 Å². The normalized spacial score (nSPS) is 11.0. The monoisotopic (exact) mass is 266 g/mol. The van der Waals surface area contributed by atoms with Crippen molar-refractivity contribution in [2.45, 2.75) is 19.6 Å². The van der Waals surface area contributed by atoms with Gasteiger partial charge in [0.1, 0.15) is 5.69 Å². The predicted octanol–water partition coefficient (Wildman–Crippen LogP) is 1.73. The van der Waals surface area contributed by atoms with E-state index in [1.165, 1.54) is 6.07 Å². The lowest BCUT2D eigenvalue weighted by Crippen LogP contribution is -2.07. The zero-order valence-corrected chi connectivity index (χ0v) is 8.76. The van der Waals surface area contributed by atoms with E-state index in [4.69, 9.17) is 10.8 Å². The molecule has 1 heterocycles. The largest absolute Gasteiger partial charge is 0.390 e. The molecule has 78 valence electrons. The Labute approximate surface area is 88.1 Å². The molecule has 0 radical (unpaired) electrons. The minimum Gasteiger partial charge on any atom is -0.390 e. The Hall–Kier alpha value is -0.590. The second kappa shape index (κ2) is 4.77. The molecule has 0 unspecified atom stereocenters. The summed E-state index contributed by atoms with van der Waals surface area (Å²) < 4.78 is 25.1. The van der Waals surface area contributed by atoms with Gasteiger partial charge in [-0.1, -0.05) is 15.9 Å². The first-order valence-electron chi connectivity index (χ1n) is 3.87. The molecular formula is C8H9BrF2N2O. The molecule has 0 aliphatic rings. The van der Waals surface area contributed by atoms with E-state index in [1.807, 2.05) is 0 Å². The Morgan fingerprint density at radius 1 is 1.57 bits per heavy atom. The number of pyridine rings is 1. The van der Waals surface area contributed by atoms with Crippen LogP contribution in [0.4, 0.5) is 8.78 Å². The molecule has 0 saturated carbocycles. The molecule has 0 aliphatic heterocycles. The van der Waals surface area contributed by atoms with Crippen LogP contribution in [0, 0.1) is 0 Å². The van der Waals surface area contributed by atoms with E-state index >= 15 is 0 Å². The Balaban J connectivity index is 3.24. The first-order valence-corrected chi connectivity index (χ1v) is 4.66. The van der Waals surface area contributed by atoms with Crippen LogP contribution in [0.25, 0.3) is 0 Å². The van der Waals surface area contributed by atoms with Gasteiger partial charge in [-0.25, -0.2) is 13.8 Å². The van der Waals surface area contributed by atoms with Crippen LogP contribution >= 0.6 is 15.9 Å². The van der Waals surface area contributed by atoms with Crippen molar-refractivity contribution in [3.05, 3.63) is 27.5 Å². The van der Waals surface area contributed by atoms with Gasteiger partial charge >= 0.3 is 0 Å². The Kier molecular flexibility index (Phi) is 3.91. The summed E-state index contributed by atoms with van der Waals surface area (Å²) in [6, 6.07) is 1.21. The molecule has 1 aromatic heterocycles. The molecule has 0 atom stereocenters. The van der Waals surface area contributed by atoms with Gasteiger partial charge in [0, 0.05) is 16.6 Å². The molecule has 6 heteroatoms. The number of halogens is 3. The first kappa shape index (κ1) is 11.5. The fourth-order valence-corrected chi connectivity index (χ4v) is 1.69. The number of nitrogens with two attached hydrogens (primary N) is 1. The average Bonchev–Trinajstić information content (AvgIpc) is 2.16. The SMILES string of the molecule is NCc1c(Br)cc(C(F)F)nc1CO. The molecule has 1 aromatic rings. The lowest BCUT2D eigenvalue weighted by Gasteiger charge is -2.09. The lowest BCUT2D eigenvalue weighted by atomic mass is 10.2.